The second-order valence-corrected chi connectivity index (χ2v) is 6.92. The Morgan fingerprint density at radius 3 is 2.59 bits per heavy atom. The molecule has 3 rings (SSSR count). The quantitative estimate of drug-likeness (QED) is 0.637. The summed E-state index contributed by atoms with van der Waals surface area (Å²) in [6.45, 7) is 2.78. The van der Waals surface area contributed by atoms with Crippen molar-refractivity contribution in [3.8, 4) is 11.4 Å². The molecule has 0 saturated heterocycles. The average molecular weight is 396 g/mol. The van der Waals surface area contributed by atoms with Crippen LogP contribution in [-0.4, -0.2) is 52.9 Å². The lowest BCUT2D eigenvalue weighted by atomic mass is 10.2. The van der Waals surface area contributed by atoms with Crippen LogP contribution in [0.2, 0.25) is 0 Å². The van der Waals surface area contributed by atoms with Crippen molar-refractivity contribution in [3.05, 3.63) is 64.7 Å². The predicted octanol–water partition coefficient (Wildman–Crippen LogP) is 2.65. The minimum Gasteiger partial charge on any atom is -0.491 e. The molecule has 152 valence electrons. The summed E-state index contributed by atoms with van der Waals surface area (Å²) in [7, 11) is 3.89. The smallest absolute Gasteiger partial charge is 0.405 e. The Labute approximate surface area is 168 Å². The summed E-state index contributed by atoms with van der Waals surface area (Å²) in [6, 6.07) is 13.6. The molecular weight excluding hydrogens is 372 g/mol. The van der Waals surface area contributed by atoms with Gasteiger partial charge in [-0.2, -0.15) is 0 Å². The van der Waals surface area contributed by atoms with E-state index in [0.717, 1.165) is 0 Å². The van der Waals surface area contributed by atoms with Gasteiger partial charge in [0.15, 0.2) is 0 Å². The lowest BCUT2D eigenvalue weighted by molar-refractivity contribution is 0.190. The van der Waals surface area contributed by atoms with E-state index in [4.69, 9.17) is 9.84 Å². The number of hydrogen-bond acceptors (Lipinski definition) is 5. The summed E-state index contributed by atoms with van der Waals surface area (Å²) in [5.74, 6) is 0.762. The largest absolute Gasteiger partial charge is 0.491 e. The molecule has 0 aliphatic heterocycles. The van der Waals surface area contributed by atoms with Crippen LogP contribution in [0.1, 0.15) is 18.8 Å². The van der Waals surface area contributed by atoms with Crippen molar-refractivity contribution in [3.63, 3.8) is 0 Å². The van der Waals surface area contributed by atoms with Crippen LogP contribution in [0.4, 0.5) is 4.79 Å². The highest BCUT2D eigenvalue weighted by molar-refractivity contribution is 5.84. The maximum atomic E-state index is 13.5. The van der Waals surface area contributed by atoms with Gasteiger partial charge in [-0.05, 0) is 45.3 Å². The Balaban J connectivity index is 2.21. The number of carbonyl (C=O) groups is 1. The maximum Gasteiger partial charge on any atom is 0.405 e. The zero-order valence-electron chi connectivity index (χ0n) is 16.6. The number of fused-ring (bicyclic) bond motifs is 1. The molecule has 0 aliphatic rings. The average Bonchev–Trinajstić information content (AvgIpc) is 2.67. The van der Waals surface area contributed by atoms with Crippen LogP contribution < -0.4 is 15.6 Å². The fourth-order valence-corrected chi connectivity index (χ4v) is 3.04. The third-order valence-electron chi connectivity index (χ3n) is 4.42. The van der Waals surface area contributed by atoms with E-state index in [1.807, 2.05) is 37.2 Å². The lowest BCUT2D eigenvalue weighted by Crippen LogP contribution is -2.32. The van der Waals surface area contributed by atoms with Crippen molar-refractivity contribution < 1.29 is 14.6 Å². The van der Waals surface area contributed by atoms with E-state index in [1.54, 1.807) is 37.3 Å². The molecule has 1 amide bonds. The highest BCUT2D eigenvalue weighted by Gasteiger charge is 2.21. The topological polar surface area (TPSA) is 96.7 Å². The van der Waals surface area contributed by atoms with Crippen molar-refractivity contribution in [1.82, 2.24) is 19.8 Å². The molecular formula is C21H24N4O4. The minimum absolute atomic E-state index is 0.307. The van der Waals surface area contributed by atoms with Gasteiger partial charge in [-0.15, -0.1) is 0 Å². The summed E-state index contributed by atoms with van der Waals surface area (Å²) in [4.78, 5) is 31.3. The standard InChI is InChI=1S/C21H24N4O4/c1-14(22-21(27)28)19-23-16-10-7-11-17(29-13-12-24(2)3)18(16)20(26)25(19)15-8-5-4-6-9-15/h4-11,14,22H,12-13H2,1-3H3,(H,27,28). The van der Waals surface area contributed by atoms with E-state index in [0.29, 0.717) is 41.3 Å². The van der Waals surface area contributed by atoms with Crippen LogP contribution in [0.5, 0.6) is 5.75 Å². The molecule has 0 bridgehead atoms. The van der Waals surface area contributed by atoms with Gasteiger partial charge < -0.3 is 20.1 Å². The van der Waals surface area contributed by atoms with Crippen LogP contribution in [0.25, 0.3) is 16.6 Å². The number of nitrogens with zero attached hydrogens (tertiary/aromatic N) is 3. The van der Waals surface area contributed by atoms with E-state index in [-0.39, 0.29) is 5.56 Å². The van der Waals surface area contributed by atoms with Gasteiger partial charge in [0.1, 0.15) is 23.6 Å². The molecule has 2 aromatic carbocycles. The SMILES string of the molecule is CC(NC(=O)O)c1nc2cccc(OCCN(C)C)c2c(=O)n1-c1ccccc1. The van der Waals surface area contributed by atoms with Crippen LogP contribution >= 0.6 is 0 Å². The number of ether oxygens (including phenoxy) is 1. The van der Waals surface area contributed by atoms with Gasteiger partial charge in [-0.25, -0.2) is 9.78 Å². The summed E-state index contributed by atoms with van der Waals surface area (Å²) in [5.41, 5.74) is 0.748. The van der Waals surface area contributed by atoms with Gasteiger partial charge >= 0.3 is 6.09 Å². The summed E-state index contributed by atoms with van der Waals surface area (Å²) < 4.78 is 7.29. The first-order valence-corrected chi connectivity index (χ1v) is 9.26. The molecule has 3 aromatic rings. The zero-order valence-corrected chi connectivity index (χ0v) is 16.6. The molecule has 0 fully saturated rings. The Hall–Kier alpha value is -3.39. The summed E-state index contributed by atoms with van der Waals surface area (Å²) in [5, 5.41) is 11.9. The van der Waals surface area contributed by atoms with Gasteiger partial charge in [-0.1, -0.05) is 24.3 Å². The van der Waals surface area contributed by atoms with Crippen molar-refractivity contribution in [1.29, 1.82) is 0 Å². The monoisotopic (exact) mass is 396 g/mol. The van der Waals surface area contributed by atoms with Crippen LogP contribution in [0.3, 0.4) is 0 Å². The molecule has 0 spiro atoms. The highest BCUT2D eigenvalue weighted by Crippen LogP contribution is 2.24. The highest BCUT2D eigenvalue weighted by atomic mass is 16.5. The molecule has 2 N–H and O–H groups in total. The molecule has 29 heavy (non-hydrogen) atoms. The molecule has 1 heterocycles. The normalized spacial score (nSPS) is 12.1. The molecule has 1 unspecified atom stereocenters. The van der Waals surface area contributed by atoms with Gasteiger partial charge in [0, 0.05) is 6.54 Å². The van der Waals surface area contributed by atoms with Crippen molar-refractivity contribution >= 4 is 17.0 Å². The predicted molar refractivity (Wildman–Crippen MR) is 111 cm³/mol. The van der Waals surface area contributed by atoms with Crippen LogP contribution in [-0.2, 0) is 0 Å². The van der Waals surface area contributed by atoms with E-state index in [2.05, 4.69) is 10.3 Å². The van der Waals surface area contributed by atoms with Crippen molar-refractivity contribution in [2.75, 3.05) is 27.2 Å². The Bertz CT molecular complexity index is 1060. The van der Waals surface area contributed by atoms with Gasteiger partial charge in [0.05, 0.1) is 17.2 Å². The summed E-state index contributed by atoms with van der Waals surface area (Å²) in [6.07, 6.45) is -1.19. The number of hydrogen-bond donors (Lipinski definition) is 2. The zero-order chi connectivity index (χ0) is 21.0. The third-order valence-corrected chi connectivity index (χ3v) is 4.42. The summed E-state index contributed by atoms with van der Waals surface area (Å²) >= 11 is 0. The molecule has 1 aromatic heterocycles. The fourth-order valence-electron chi connectivity index (χ4n) is 3.04. The van der Waals surface area contributed by atoms with E-state index >= 15 is 0 Å². The first kappa shape index (κ1) is 20.3. The fraction of sp³-hybridized carbons (Fsp3) is 0.286. The number of rotatable bonds is 7. The van der Waals surface area contributed by atoms with Crippen LogP contribution in [0, 0.1) is 0 Å². The molecule has 1 atom stereocenters. The van der Waals surface area contributed by atoms with Crippen molar-refractivity contribution in [2.24, 2.45) is 0 Å². The van der Waals surface area contributed by atoms with Gasteiger partial charge in [0.2, 0.25) is 0 Å². The van der Waals surface area contributed by atoms with E-state index in [1.165, 1.54) is 4.57 Å². The second-order valence-electron chi connectivity index (χ2n) is 6.92. The van der Waals surface area contributed by atoms with Crippen molar-refractivity contribution in [2.45, 2.75) is 13.0 Å². The third kappa shape index (κ3) is 4.55. The number of aromatic nitrogens is 2. The Morgan fingerprint density at radius 2 is 1.93 bits per heavy atom. The first-order valence-electron chi connectivity index (χ1n) is 9.26. The van der Waals surface area contributed by atoms with Crippen LogP contribution in [0.15, 0.2) is 53.3 Å². The number of nitrogens with one attached hydrogen (secondary N) is 1. The van der Waals surface area contributed by atoms with E-state index < -0.39 is 12.1 Å². The molecule has 0 aliphatic carbocycles. The molecule has 8 heteroatoms. The van der Waals surface area contributed by atoms with E-state index in [9.17, 15) is 9.59 Å². The second kappa shape index (κ2) is 8.74. The molecule has 0 radical (unpaired) electrons. The molecule has 0 saturated carbocycles. The first-order chi connectivity index (χ1) is 13.9. The number of amides is 1. The maximum absolute atomic E-state index is 13.5. The number of carboxylic acid groups (broad SMARTS) is 1. The lowest BCUT2D eigenvalue weighted by Gasteiger charge is -2.19. The number of likely N-dealkylation sites (N-methyl/N-ethyl adjacent to an activating group) is 1. The Morgan fingerprint density at radius 1 is 1.21 bits per heavy atom. The number of benzene rings is 2. The minimum atomic E-state index is -1.19. The molecule has 8 nitrogen and oxygen atoms in total. The van der Waals surface area contributed by atoms with Gasteiger partial charge in [-0.3, -0.25) is 9.36 Å². The van der Waals surface area contributed by atoms with Gasteiger partial charge in [0.25, 0.3) is 5.56 Å². The number of para-hydroxylation sites is 1. The Kier molecular flexibility index (Phi) is 6.13.